The van der Waals surface area contributed by atoms with Crippen molar-refractivity contribution < 1.29 is 9.84 Å². The first kappa shape index (κ1) is 15.5. The number of aliphatic hydroxyl groups is 1. The van der Waals surface area contributed by atoms with Crippen LogP contribution >= 0.6 is 0 Å². The molecule has 0 aliphatic heterocycles. The number of nitrogens with one attached hydrogen (secondary N) is 1. The second-order valence-corrected chi connectivity index (χ2v) is 5.17. The smallest absolute Gasteiger partial charge is 0.118 e. The Morgan fingerprint density at radius 3 is 2.48 bits per heavy atom. The molecule has 0 aliphatic rings. The molecule has 0 saturated carbocycles. The summed E-state index contributed by atoms with van der Waals surface area (Å²) < 4.78 is 5.11. The molecule has 0 heterocycles. The van der Waals surface area contributed by atoms with Crippen molar-refractivity contribution in [3.63, 3.8) is 0 Å². The average Bonchev–Trinajstić information content (AvgIpc) is 2.53. The normalized spacial score (nSPS) is 12.1. The fourth-order valence-corrected chi connectivity index (χ4v) is 2.30. The molecule has 0 bridgehead atoms. The van der Waals surface area contributed by atoms with Crippen molar-refractivity contribution in [2.45, 2.75) is 19.4 Å². The molecular weight excluding hydrogens is 262 g/mol. The lowest BCUT2D eigenvalue weighted by atomic mass is 10.1. The molecule has 1 atom stereocenters. The molecule has 0 spiro atoms. The molecule has 3 nitrogen and oxygen atoms in total. The van der Waals surface area contributed by atoms with Gasteiger partial charge in [-0.25, -0.2) is 0 Å². The number of rotatable bonds is 7. The Labute approximate surface area is 126 Å². The standard InChI is InChI=1S/C18H23NO2/c1-14-5-3-4-6-15(14)11-12-19-13-18(20)16-7-9-17(21-2)10-8-16/h3-10,18-20H,11-13H2,1-2H3. The highest BCUT2D eigenvalue weighted by atomic mass is 16.5. The van der Waals surface area contributed by atoms with E-state index in [2.05, 4.69) is 36.5 Å². The van der Waals surface area contributed by atoms with Gasteiger partial charge in [-0.05, 0) is 48.7 Å². The number of benzene rings is 2. The van der Waals surface area contributed by atoms with E-state index in [1.54, 1.807) is 7.11 Å². The zero-order valence-corrected chi connectivity index (χ0v) is 12.7. The van der Waals surface area contributed by atoms with Crippen molar-refractivity contribution in [3.05, 3.63) is 65.2 Å². The highest BCUT2D eigenvalue weighted by molar-refractivity contribution is 5.28. The van der Waals surface area contributed by atoms with Gasteiger partial charge in [-0.2, -0.15) is 0 Å². The summed E-state index contributed by atoms with van der Waals surface area (Å²) in [6.07, 6.45) is 0.481. The molecule has 0 fully saturated rings. The van der Waals surface area contributed by atoms with Crippen LogP contribution in [-0.4, -0.2) is 25.3 Å². The fourth-order valence-electron chi connectivity index (χ4n) is 2.30. The molecule has 112 valence electrons. The molecule has 2 rings (SSSR count). The predicted molar refractivity (Wildman–Crippen MR) is 85.7 cm³/mol. The second kappa shape index (κ2) is 7.81. The Kier molecular flexibility index (Phi) is 5.78. The molecule has 0 aliphatic carbocycles. The molecule has 0 radical (unpaired) electrons. The first-order chi connectivity index (χ1) is 10.2. The fraction of sp³-hybridized carbons (Fsp3) is 0.333. The summed E-state index contributed by atoms with van der Waals surface area (Å²) in [5.41, 5.74) is 3.57. The zero-order chi connectivity index (χ0) is 15.1. The van der Waals surface area contributed by atoms with Crippen LogP contribution < -0.4 is 10.1 Å². The number of hydrogen-bond acceptors (Lipinski definition) is 3. The minimum absolute atomic E-state index is 0.493. The molecular formula is C18H23NO2. The topological polar surface area (TPSA) is 41.5 Å². The Morgan fingerprint density at radius 1 is 1.10 bits per heavy atom. The van der Waals surface area contributed by atoms with Crippen molar-refractivity contribution in [2.75, 3.05) is 20.2 Å². The van der Waals surface area contributed by atoms with Crippen LogP contribution in [0.1, 0.15) is 22.8 Å². The summed E-state index contributed by atoms with van der Waals surface area (Å²) in [5, 5.41) is 13.4. The van der Waals surface area contributed by atoms with Gasteiger partial charge in [-0.3, -0.25) is 0 Å². The lowest BCUT2D eigenvalue weighted by Gasteiger charge is -2.13. The van der Waals surface area contributed by atoms with E-state index in [9.17, 15) is 5.11 Å². The van der Waals surface area contributed by atoms with Crippen molar-refractivity contribution >= 4 is 0 Å². The molecule has 2 N–H and O–H groups in total. The van der Waals surface area contributed by atoms with Crippen LogP contribution in [-0.2, 0) is 6.42 Å². The summed E-state index contributed by atoms with van der Waals surface area (Å²) in [4.78, 5) is 0. The SMILES string of the molecule is COc1ccc(C(O)CNCCc2ccccc2C)cc1. The molecule has 21 heavy (non-hydrogen) atoms. The van der Waals surface area contributed by atoms with Gasteiger partial charge in [0.15, 0.2) is 0 Å². The third-order valence-electron chi connectivity index (χ3n) is 3.67. The average molecular weight is 285 g/mol. The third kappa shape index (κ3) is 4.59. The van der Waals surface area contributed by atoms with Crippen LogP contribution in [0.3, 0.4) is 0 Å². The van der Waals surface area contributed by atoms with Crippen molar-refractivity contribution in [2.24, 2.45) is 0 Å². The van der Waals surface area contributed by atoms with Gasteiger partial charge in [-0.15, -0.1) is 0 Å². The quantitative estimate of drug-likeness (QED) is 0.769. The number of hydrogen-bond donors (Lipinski definition) is 2. The summed E-state index contributed by atoms with van der Waals surface area (Å²) >= 11 is 0. The van der Waals surface area contributed by atoms with Gasteiger partial charge >= 0.3 is 0 Å². The molecule has 2 aromatic rings. The van der Waals surface area contributed by atoms with Crippen molar-refractivity contribution in [1.29, 1.82) is 0 Å². The van der Waals surface area contributed by atoms with E-state index in [1.165, 1.54) is 11.1 Å². The van der Waals surface area contributed by atoms with Gasteiger partial charge in [0.25, 0.3) is 0 Å². The molecule has 1 unspecified atom stereocenters. The van der Waals surface area contributed by atoms with E-state index in [0.29, 0.717) is 6.54 Å². The van der Waals surface area contributed by atoms with E-state index < -0.39 is 6.10 Å². The molecule has 0 saturated heterocycles. The maximum absolute atomic E-state index is 10.1. The Balaban J connectivity index is 1.76. The van der Waals surface area contributed by atoms with Gasteiger partial charge in [0.2, 0.25) is 0 Å². The van der Waals surface area contributed by atoms with Crippen LogP contribution in [0.2, 0.25) is 0 Å². The van der Waals surface area contributed by atoms with Crippen LogP contribution in [0.25, 0.3) is 0 Å². The Morgan fingerprint density at radius 2 is 1.81 bits per heavy atom. The minimum atomic E-state index is -0.493. The maximum Gasteiger partial charge on any atom is 0.118 e. The molecule has 3 heteroatoms. The monoisotopic (exact) mass is 285 g/mol. The number of ether oxygens (including phenoxy) is 1. The number of aliphatic hydroxyl groups excluding tert-OH is 1. The summed E-state index contributed by atoms with van der Waals surface area (Å²) in [6.45, 7) is 3.54. The minimum Gasteiger partial charge on any atom is -0.497 e. The van der Waals surface area contributed by atoms with E-state index in [1.807, 2.05) is 24.3 Å². The maximum atomic E-state index is 10.1. The van der Waals surface area contributed by atoms with Gasteiger partial charge in [0, 0.05) is 6.54 Å². The van der Waals surface area contributed by atoms with E-state index in [-0.39, 0.29) is 0 Å². The van der Waals surface area contributed by atoms with Crippen molar-refractivity contribution in [3.8, 4) is 5.75 Å². The van der Waals surface area contributed by atoms with Crippen LogP contribution in [0.5, 0.6) is 5.75 Å². The summed E-state index contributed by atoms with van der Waals surface area (Å²) in [7, 11) is 1.64. The number of aryl methyl sites for hydroxylation is 1. The van der Waals surface area contributed by atoms with Gasteiger partial charge in [0.1, 0.15) is 5.75 Å². The molecule has 0 amide bonds. The van der Waals surface area contributed by atoms with E-state index >= 15 is 0 Å². The Hall–Kier alpha value is -1.84. The summed E-state index contributed by atoms with van der Waals surface area (Å²) in [5.74, 6) is 0.804. The first-order valence-corrected chi connectivity index (χ1v) is 7.28. The van der Waals surface area contributed by atoms with Gasteiger partial charge in [-0.1, -0.05) is 36.4 Å². The Bertz CT molecular complexity index is 551. The zero-order valence-electron chi connectivity index (χ0n) is 12.7. The lowest BCUT2D eigenvalue weighted by molar-refractivity contribution is 0.175. The predicted octanol–water partition coefficient (Wildman–Crippen LogP) is 2.87. The summed E-state index contributed by atoms with van der Waals surface area (Å²) in [6, 6.07) is 15.9. The van der Waals surface area contributed by atoms with Crippen LogP contribution in [0, 0.1) is 6.92 Å². The number of methoxy groups -OCH3 is 1. The highest BCUT2D eigenvalue weighted by Gasteiger charge is 2.07. The van der Waals surface area contributed by atoms with Crippen molar-refractivity contribution in [1.82, 2.24) is 5.32 Å². The van der Waals surface area contributed by atoms with Crippen LogP contribution in [0.15, 0.2) is 48.5 Å². The second-order valence-electron chi connectivity index (χ2n) is 5.17. The first-order valence-electron chi connectivity index (χ1n) is 7.28. The molecule has 2 aromatic carbocycles. The van der Waals surface area contributed by atoms with Gasteiger partial charge < -0.3 is 15.2 Å². The van der Waals surface area contributed by atoms with E-state index in [4.69, 9.17) is 4.74 Å². The highest BCUT2D eigenvalue weighted by Crippen LogP contribution is 2.17. The molecule has 0 aromatic heterocycles. The van der Waals surface area contributed by atoms with Gasteiger partial charge in [0.05, 0.1) is 13.2 Å². The van der Waals surface area contributed by atoms with Crippen LogP contribution in [0.4, 0.5) is 0 Å². The largest absolute Gasteiger partial charge is 0.497 e. The lowest BCUT2D eigenvalue weighted by Crippen LogP contribution is -2.23. The third-order valence-corrected chi connectivity index (χ3v) is 3.67. The van der Waals surface area contributed by atoms with E-state index in [0.717, 1.165) is 24.3 Å².